The Labute approximate surface area is 136 Å². The van der Waals surface area contributed by atoms with E-state index in [1.807, 2.05) is 6.92 Å². The molecule has 1 heterocycles. The van der Waals surface area contributed by atoms with Crippen molar-refractivity contribution in [1.29, 1.82) is 0 Å². The normalized spacial score (nSPS) is 20.9. The molecule has 1 aliphatic heterocycles. The van der Waals surface area contributed by atoms with E-state index in [4.69, 9.17) is 14.6 Å². The molecule has 0 radical (unpaired) electrons. The molecule has 6 heteroatoms. The molecule has 23 heavy (non-hydrogen) atoms. The van der Waals surface area contributed by atoms with Crippen LogP contribution < -0.4 is 9.47 Å². The molecule has 0 bridgehead atoms. The minimum atomic E-state index is -0.830. The Bertz CT molecular complexity index is 542. The van der Waals surface area contributed by atoms with Crippen LogP contribution in [-0.2, 0) is 9.59 Å². The first kappa shape index (κ1) is 17.1. The van der Waals surface area contributed by atoms with Crippen molar-refractivity contribution in [2.75, 3.05) is 26.8 Å². The molecule has 1 aliphatic rings. The minimum absolute atomic E-state index is 0.0590. The summed E-state index contributed by atoms with van der Waals surface area (Å²) in [4.78, 5) is 25.0. The number of carboxylic acids is 1. The number of amides is 1. The Kier molecular flexibility index (Phi) is 5.84. The molecule has 1 N–H and O–H groups in total. The first-order valence-electron chi connectivity index (χ1n) is 7.77. The molecular weight excluding hydrogens is 298 g/mol. The summed E-state index contributed by atoms with van der Waals surface area (Å²) in [5.41, 5.74) is 0. The van der Waals surface area contributed by atoms with Gasteiger partial charge in [-0.3, -0.25) is 9.59 Å². The number of likely N-dealkylation sites (tertiary alicyclic amines) is 1. The molecule has 0 spiro atoms. The van der Waals surface area contributed by atoms with Gasteiger partial charge in [0, 0.05) is 13.1 Å². The summed E-state index contributed by atoms with van der Waals surface area (Å²) in [6, 6.07) is 7.15. The summed E-state index contributed by atoms with van der Waals surface area (Å²) in [6.45, 7) is 3.16. The number of aliphatic carboxylic acids is 1. The second-order valence-electron chi connectivity index (χ2n) is 5.95. The second-order valence-corrected chi connectivity index (χ2v) is 5.95. The molecule has 0 aliphatic carbocycles. The van der Waals surface area contributed by atoms with Gasteiger partial charge >= 0.3 is 5.97 Å². The molecule has 2 unspecified atom stereocenters. The molecule has 2 atom stereocenters. The fourth-order valence-electron chi connectivity index (χ4n) is 2.82. The summed E-state index contributed by atoms with van der Waals surface area (Å²) in [6.07, 6.45) is 0.868. The summed E-state index contributed by atoms with van der Waals surface area (Å²) < 4.78 is 10.6. The summed E-state index contributed by atoms with van der Waals surface area (Å²) in [5, 5.41) is 9.15. The monoisotopic (exact) mass is 321 g/mol. The number of benzene rings is 1. The Balaban J connectivity index is 1.80. The zero-order valence-corrected chi connectivity index (χ0v) is 13.5. The third-order valence-electron chi connectivity index (χ3n) is 4.01. The Morgan fingerprint density at radius 3 is 2.48 bits per heavy atom. The quantitative estimate of drug-likeness (QED) is 0.867. The Morgan fingerprint density at radius 1 is 1.22 bits per heavy atom. The average Bonchev–Trinajstić information content (AvgIpc) is 2.54. The maximum atomic E-state index is 12.2. The summed E-state index contributed by atoms with van der Waals surface area (Å²) >= 11 is 0. The van der Waals surface area contributed by atoms with Crippen molar-refractivity contribution in [3.05, 3.63) is 24.3 Å². The topological polar surface area (TPSA) is 76.1 Å². The van der Waals surface area contributed by atoms with Crippen LogP contribution in [0, 0.1) is 11.8 Å². The van der Waals surface area contributed by atoms with Crippen molar-refractivity contribution >= 4 is 11.9 Å². The van der Waals surface area contributed by atoms with Gasteiger partial charge in [-0.05, 0) is 36.6 Å². The molecule has 126 valence electrons. The molecule has 2 rings (SSSR count). The number of ether oxygens (including phenoxy) is 2. The van der Waals surface area contributed by atoms with Gasteiger partial charge in [0.2, 0.25) is 5.91 Å². The van der Waals surface area contributed by atoms with E-state index in [0.717, 1.165) is 5.75 Å². The van der Waals surface area contributed by atoms with Gasteiger partial charge in [-0.2, -0.15) is 0 Å². The van der Waals surface area contributed by atoms with E-state index in [-0.39, 0.29) is 24.9 Å². The zero-order valence-electron chi connectivity index (χ0n) is 13.5. The van der Waals surface area contributed by atoms with Crippen LogP contribution in [0.25, 0.3) is 0 Å². The predicted molar refractivity (Wildman–Crippen MR) is 84.6 cm³/mol. The number of carbonyl (C=O) groups excluding carboxylic acids is 1. The fourth-order valence-corrected chi connectivity index (χ4v) is 2.82. The van der Waals surface area contributed by atoms with Crippen LogP contribution in [0.2, 0.25) is 0 Å². The average molecular weight is 321 g/mol. The second kappa shape index (κ2) is 7.85. The van der Waals surface area contributed by atoms with Crippen LogP contribution in [0.15, 0.2) is 24.3 Å². The van der Waals surface area contributed by atoms with Crippen LogP contribution in [0.4, 0.5) is 0 Å². The highest BCUT2D eigenvalue weighted by Crippen LogP contribution is 2.22. The number of hydrogen-bond acceptors (Lipinski definition) is 4. The Hall–Kier alpha value is -2.24. The third kappa shape index (κ3) is 4.87. The maximum Gasteiger partial charge on any atom is 0.308 e. The van der Waals surface area contributed by atoms with Crippen LogP contribution >= 0.6 is 0 Å². The molecule has 0 aromatic heterocycles. The molecule has 1 aromatic carbocycles. The summed E-state index contributed by atoms with van der Waals surface area (Å²) in [7, 11) is 1.60. The minimum Gasteiger partial charge on any atom is -0.497 e. The van der Waals surface area contributed by atoms with Gasteiger partial charge < -0.3 is 19.5 Å². The standard InChI is InChI=1S/C17H23NO5/c1-12-9-13(17(20)21)11-18(10-12)16(19)7-8-23-15-5-3-14(22-2)4-6-15/h3-6,12-13H,7-11H2,1-2H3,(H,20,21). The van der Waals surface area contributed by atoms with Crippen molar-refractivity contribution in [2.45, 2.75) is 19.8 Å². The van der Waals surface area contributed by atoms with Crippen molar-refractivity contribution in [3.8, 4) is 11.5 Å². The highest BCUT2D eigenvalue weighted by molar-refractivity contribution is 5.78. The molecule has 6 nitrogen and oxygen atoms in total. The lowest BCUT2D eigenvalue weighted by molar-refractivity contribution is -0.147. The fraction of sp³-hybridized carbons (Fsp3) is 0.529. The SMILES string of the molecule is COc1ccc(OCCC(=O)N2CC(C)CC(C(=O)O)C2)cc1. The van der Waals surface area contributed by atoms with Gasteiger partial charge in [0.1, 0.15) is 11.5 Å². The molecule has 1 saturated heterocycles. The number of rotatable bonds is 6. The van der Waals surface area contributed by atoms with Crippen molar-refractivity contribution in [1.82, 2.24) is 4.90 Å². The zero-order chi connectivity index (χ0) is 16.8. The molecule has 1 aromatic rings. The number of carboxylic acid groups (broad SMARTS) is 1. The highest BCUT2D eigenvalue weighted by Gasteiger charge is 2.31. The van der Waals surface area contributed by atoms with E-state index in [1.165, 1.54) is 0 Å². The van der Waals surface area contributed by atoms with Crippen molar-refractivity contribution in [2.24, 2.45) is 11.8 Å². The lowest BCUT2D eigenvalue weighted by Crippen LogP contribution is -2.45. The number of carbonyl (C=O) groups is 2. The van der Waals surface area contributed by atoms with Crippen molar-refractivity contribution < 1.29 is 24.2 Å². The molecule has 0 saturated carbocycles. The molecule has 1 amide bonds. The smallest absolute Gasteiger partial charge is 0.308 e. The summed E-state index contributed by atoms with van der Waals surface area (Å²) in [5.74, 6) is 0.270. The van der Waals surface area contributed by atoms with Gasteiger partial charge in [-0.1, -0.05) is 6.92 Å². The van der Waals surface area contributed by atoms with E-state index < -0.39 is 11.9 Å². The van der Waals surface area contributed by atoms with Gasteiger partial charge in [0.25, 0.3) is 0 Å². The van der Waals surface area contributed by atoms with E-state index in [2.05, 4.69) is 0 Å². The first-order valence-corrected chi connectivity index (χ1v) is 7.77. The lowest BCUT2D eigenvalue weighted by Gasteiger charge is -2.34. The number of hydrogen-bond donors (Lipinski definition) is 1. The number of piperidine rings is 1. The maximum absolute atomic E-state index is 12.2. The van der Waals surface area contributed by atoms with Crippen LogP contribution in [0.5, 0.6) is 11.5 Å². The largest absolute Gasteiger partial charge is 0.497 e. The third-order valence-corrected chi connectivity index (χ3v) is 4.01. The highest BCUT2D eigenvalue weighted by atomic mass is 16.5. The van der Waals surface area contributed by atoms with E-state index in [1.54, 1.807) is 36.3 Å². The van der Waals surface area contributed by atoms with Crippen LogP contribution in [0.1, 0.15) is 19.8 Å². The number of nitrogens with zero attached hydrogens (tertiary/aromatic N) is 1. The van der Waals surface area contributed by atoms with Crippen LogP contribution in [-0.4, -0.2) is 48.7 Å². The van der Waals surface area contributed by atoms with Gasteiger partial charge in [-0.25, -0.2) is 0 Å². The molecular formula is C17H23NO5. The van der Waals surface area contributed by atoms with Crippen molar-refractivity contribution in [3.63, 3.8) is 0 Å². The van der Waals surface area contributed by atoms with Gasteiger partial charge in [-0.15, -0.1) is 0 Å². The van der Waals surface area contributed by atoms with Gasteiger partial charge in [0.05, 0.1) is 26.1 Å². The number of methoxy groups -OCH3 is 1. The van der Waals surface area contributed by atoms with E-state index >= 15 is 0 Å². The van der Waals surface area contributed by atoms with Gasteiger partial charge in [0.15, 0.2) is 0 Å². The lowest BCUT2D eigenvalue weighted by atomic mass is 9.90. The van der Waals surface area contributed by atoms with E-state index in [0.29, 0.717) is 25.3 Å². The van der Waals surface area contributed by atoms with E-state index in [9.17, 15) is 9.59 Å². The molecule has 1 fully saturated rings. The Morgan fingerprint density at radius 2 is 1.87 bits per heavy atom. The first-order chi connectivity index (χ1) is 11.0. The predicted octanol–water partition coefficient (Wildman–Crippen LogP) is 2.03. The van der Waals surface area contributed by atoms with Crippen LogP contribution in [0.3, 0.4) is 0 Å².